The number of rotatable bonds is 4. The van der Waals surface area contributed by atoms with Crippen molar-refractivity contribution >= 4 is 5.94 Å². The summed E-state index contributed by atoms with van der Waals surface area (Å²) in [4.78, 5) is 10.3. The minimum Gasteiger partial charge on any atom is -0.508 e. The van der Waals surface area contributed by atoms with E-state index < -0.39 is 0 Å². The average Bonchev–Trinajstić information content (AvgIpc) is 2.72. The number of hydrogen-bond donors (Lipinski definition) is 1. The maximum Gasteiger partial charge on any atom is 0.174 e. The number of aromatic hydroxyl groups is 1. The Bertz CT molecular complexity index is 970. The summed E-state index contributed by atoms with van der Waals surface area (Å²) in [7, 11) is 0. The number of phenolic OH excluding ortho intramolecular Hbond substituents is 1. The molecular formula is C24H20O3. The van der Waals surface area contributed by atoms with Crippen molar-refractivity contribution in [2.45, 2.75) is 24.7 Å². The molecule has 3 heteroatoms. The van der Waals surface area contributed by atoms with Crippen LogP contribution in [-0.4, -0.2) is 11.0 Å². The molecule has 0 fully saturated rings. The van der Waals surface area contributed by atoms with Crippen molar-refractivity contribution in [2.24, 2.45) is 0 Å². The Hall–Kier alpha value is -3.29. The number of carbonyl (C=O) groups excluding carboxylic acids is 1. The van der Waals surface area contributed by atoms with Gasteiger partial charge >= 0.3 is 0 Å². The van der Waals surface area contributed by atoms with Crippen LogP contribution in [0.1, 0.15) is 40.5 Å². The van der Waals surface area contributed by atoms with Gasteiger partial charge in [-0.2, -0.15) is 0 Å². The van der Waals surface area contributed by atoms with E-state index in [-0.39, 0.29) is 5.92 Å². The summed E-state index contributed by atoms with van der Waals surface area (Å²) >= 11 is 0. The van der Waals surface area contributed by atoms with E-state index in [1.54, 1.807) is 12.0 Å². The fraction of sp³-hybridized carbons (Fsp3) is 0.167. The second-order valence-electron chi connectivity index (χ2n) is 6.84. The Kier molecular flexibility index (Phi) is 4.78. The molecule has 1 aliphatic carbocycles. The van der Waals surface area contributed by atoms with Gasteiger partial charge in [-0.05, 0) is 65.3 Å². The Labute approximate surface area is 158 Å². The van der Waals surface area contributed by atoms with Crippen LogP contribution >= 0.6 is 0 Å². The molecule has 3 aromatic carbocycles. The molecule has 0 heterocycles. The van der Waals surface area contributed by atoms with E-state index >= 15 is 0 Å². The Morgan fingerprint density at radius 3 is 2.48 bits per heavy atom. The first-order valence-corrected chi connectivity index (χ1v) is 9.09. The minimum absolute atomic E-state index is 0.201. The molecule has 27 heavy (non-hydrogen) atoms. The van der Waals surface area contributed by atoms with Crippen molar-refractivity contribution in [3.8, 4) is 11.5 Å². The predicted molar refractivity (Wildman–Crippen MR) is 105 cm³/mol. The molecule has 0 aliphatic heterocycles. The molecule has 0 bridgehead atoms. The summed E-state index contributed by atoms with van der Waals surface area (Å²) in [5.41, 5.74) is 4.98. The van der Waals surface area contributed by atoms with Crippen LogP contribution in [0.2, 0.25) is 0 Å². The molecule has 4 rings (SSSR count). The molecule has 3 aromatic rings. The molecule has 1 N–H and O–H groups in total. The van der Waals surface area contributed by atoms with Crippen molar-refractivity contribution in [2.75, 3.05) is 0 Å². The summed E-state index contributed by atoms with van der Waals surface area (Å²) in [6.07, 6.45) is 2.99. The fourth-order valence-corrected chi connectivity index (χ4v) is 4.12. The van der Waals surface area contributed by atoms with Gasteiger partial charge in [0.05, 0.1) is 0 Å². The Balaban J connectivity index is 1.78. The van der Waals surface area contributed by atoms with Gasteiger partial charge in [-0.1, -0.05) is 48.5 Å². The number of ether oxygens (including phenoxy) is 1. The largest absolute Gasteiger partial charge is 0.508 e. The van der Waals surface area contributed by atoms with Crippen molar-refractivity contribution in [1.29, 1.82) is 0 Å². The normalized spacial score (nSPS) is 18.2. The quantitative estimate of drug-likeness (QED) is 0.530. The summed E-state index contributed by atoms with van der Waals surface area (Å²) in [5.74, 6) is 3.11. The van der Waals surface area contributed by atoms with Gasteiger partial charge in [0.15, 0.2) is 12.2 Å². The molecule has 0 spiro atoms. The van der Waals surface area contributed by atoms with E-state index in [2.05, 4.69) is 36.4 Å². The molecule has 1 aliphatic rings. The third kappa shape index (κ3) is 3.51. The van der Waals surface area contributed by atoms with Gasteiger partial charge in [0.2, 0.25) is 0 Å². The van der Waals surface area contributed by atoms with Crippen molar-refractivity contribution in [3.63, 3.8) is 0 Å². The van der Waals surface area contributed by atoms with Crippen LogP contribution in [0.3, 0.4) is 0 Å². The molecule has 0 saturated carbocycles. The van der Waals surface area contributed by atoms with Gasteiger partial charge in [0, 0.05) is 5.92 Å². The van der Waals surface area contributed by atoms with E-state index in [0.717, 1.165) is 19.1 Å². The third-order valence-corrected chi connectivity index (χ3v) is 5.30. The van der Waals surface area contributed by atoms with Crippen LogP contribution in [0.4, 0.5) is 0 Å². The van der Waals surface area contributed by atoms with E-state index in [1.165, 1.54) is 22.3 Å². The van der Waals surface area contributed by atoms with Crippen LogP contribution in [-0.2, 0) is 11.2 Å². The maximum absolute atomic E-state index is 10.3. The first-order chi connectivity index (χ1) is 13.3. The molecule has 0 aromatic heterocycles. The summed E-state index contributed by atoms with van der Waals surface area (Å²) in [5, 5.41) is 9.90. The topological polar surface area (TPSA) is 46.5 Å². The molecule has 2 atom stereocenters. The Morgan fingerprint density at radius 2 is 1.74 bits per heavy atom. The first kappa shape index (κ1) is 17.1. The molecule has 0 radical (unpaired) electrons. The lowest BCUT2D eigenvalue weighted by Crippen LogP contribution is -2.20. The summed E-state index contributed by atoms with van der Waals surface area (Å²) in [6.45, 7) is 0. The van der Waals surface area contributed by atoms with Gasteiger partial charge in [0.1, 0.15) is 11.5 Å². The second kappa shape index (κ2) is 7.53. The molecular weight excluding hydrogens is 336 g/mol. The summed E-state index contributed by atoms with van der Waals surface area (Å²) in [6, 6.07) is 24.1. The van der Waals surface area contributed by atoms with E-state index in [4.69, 9.17) is 4.74 Å². The Morgan fingerprint density at radius 1 is 0.963 bits per heavy atom. The first-order valence-electron chi connectivity index (χ1n) is 9.09. The average molecular weight is 356 g/mol. The number of phenols is 1. The van der Waals surface area contributed by atoms with E-state index in [9.17, 15) is 9.90 Å². The lowest BCUT2D eigenvalue weighted by Gasteiger charge is -2.34. The molecule has 0 unspecified atom stereocenters. The maximum atomic E-state index is 10.3. The van der Waals surface area contributed by atoms with Crippen molar-refractivity contribution in [3.05, 3.63) is 101 Å². The monoisotopic (exact) mass is 356 g/mol. The SMILES string of the molecule is O=C=COc1ccc([C@H]2c3ccc(O)cc3CC[C@H]2c2ccccc2)cc1. The zero-order valence-electron chi connectivity index (χ0n) is 14.8. The third-order valence-electron chi connectivity index (χ3n) is 5.30. The number of hydrogen-bond acceptors (Lipinski definition) is 3. The molecule has 134 valence electrons. The number of fused-ring (bicyclic) bond motifs is 1. The zero-order chi connectivity index (χ0) is 18.6. The van der Waals surface area contributed by atoms with Crippen LogP contribution in [0.25, 0.3) is 0 Å². The highest BCUT2D eigenvalue weighted by Crippen LogP contribution is 2.47. The highest BCUT2D eigenvalue weighted by Gasteiger charge is 2.32. The standard InChI is InChI=1S/C24H20O3/c25-14-15-27-21-10-6-18(7-11-21)24-22(17-4-2-1-3-5-17)12-8-19-16-20(26)9-13-23(19)24/h1-7,9-11,13,15-16,22,24,26H,8,12H2/t22-,24+/m0/s1. The second-order valence-corrected chi connectivity index (χ2v) is 6.84. The van der Waals surface area contributed by atoms with Crippen LogP contribution < -0.4 is 4.74 Å². The fourth-order valence-electron chi connectivity index (χ4n) is 4.12. The zero-order valence-corrected chi connectivity index (χ0v) is 14.8. The number of aryl methyl sites for hydroxylation is 1. The molecule has 3 nitrogen and oxygen atoms in total. The van der Waals surface area contributed by atoms with Gasteiger partial charge < -0.3 is 9.84 Å². The highest BCUT2D eigenvalue weighted by molar-refractivity contribution is 5.48. The van der Waals surface area contributed by atoms with Gasteiger partial charge in [-0.25, -0.2) is 4.79 Å². The van der Waals surface area contributed by atoms with E-state index in [0.29, 0.717) is 17.4 Å². The van der Waals surface area contributed by atoms with E-state index in [1.807, 2.05) is 30.3 Å². The van der Waals surface area contributed by atoms with Gasteiger partial charge in [-0.15, -0.1) is 0 Å². The molecule has 0 amide bonds. The minimum atomic E-state index is 0.201. The smallest absolute Gasteiger partial charge is 0.174 e. The number of benzene rings is 3. The lowest BCUT2D eigenvalue weighted by atomic mass is 9.69. The highest BCUT2D eigenvalue weighted by atomic mass is 16.5. The van der Waals surface area contributed by atoms with Crippen molar-refractivity contribution in [1.82, 2.24) is 0 Å². The van der Waals surface area contributed by atoms with Gasteiger partial charge in [0.25, 0.3) is 0 Å². The van der Waals surface area contributed by atoms with Crippen LogP contribution in [0.5, 0.6) is 11.5 Å². The van der Waals surface area contributed by atoms with Gasteiger partial charge in [-0.3, -0.25) is 0 Å². The predicted octanol–water partition coefficient (Wildman–Crippen LogP) is 4.98. The lowest BCUT2D eigenvalue weighted by molar-refractivity contribution is 0.468. The van der Waals surface area contributed by atoms with Crippen LogP contribution in [0.15, 0.2) is 79.1 Å². The van der Waals surface area contributed by atoms with Crippen LogP contribution in [0, 0.1) is 0 Å². The molecule has 0 saturated heterocycles. The van der Waals surface area contributed by atoms with Crippen molar-refractivity contribution < 1.29 is 14.6 Å². The summed E-state index contributed by atoms with van der Waals surface area (Å²) < 4.78 is 5.21.